The lowest BCUT2D eigenvalue weighted by molar-refractivity contribution is 0.597. The first-order valence-electron chi connectivity index (χ1n) is 4.50. The molecular formula is C10H9ClN2O2S. The minimum atomic E-state index is -3.59. The van der Waals surface area contributed by atoms with Crippen molar-refractivity contribution in [2.75, 3.05) is 0 Å². The first-order valence-corrected chi connectivity index (χ1v) is 6.60. The molecule has 0 spiro atoms. The third-order valence-corrected chi connectivity index (χ3v) is 3.15. The zero-order valence-electron chi connectivity index (χ0n) is 8.22. The quantitative estimate of drug-likeness (QED) is 0.831. The number of nitrogens with zero attached hydrogens (tertiary/aromatic N) is 1. The highest BCUT2D eigenvalue weighted by Gasteiger charge is 2.10. The van der Waals surface area contributed by atoms with Crippen LogP contribution in [-0.4, -0.2) is 13.4 Å². The number of nitrogens with two attached hydrogens (primary N) is 1. The number of benzene rings is 1. The molecule has 0 aliphatic heterocycles. The fraction of sp³-hybridized carbons (Fsp3) is 0.100. The van der Waals surface area contributed by atoms with Crippen LogP contribution in [0.4, 0.5) is 0 Å². The molecule has 0 bridgehead atoms. The normalized spacial score (nSPS) is 11.9. The van der Waals surface area contributed by atoms with Gasteiger partial charge in [-0.3, -0.25) is 0 Å². The van der Waals surface area contributed by atoms with Crippen molar-refractivity contribution in [3.05, 3.63) is 41.0 Å². The van der Waals surface area contributed by atoms with E-state index >= 15 is 0 Å². The largest absolute Gasteiger partial charge is 0.236 e. The topological polar surface area (TPSA) is 73.1 Å². The highest BCUT2D eigenvalue weighted by Crippen LogP contribution is 2.21. The van der Waals surface area contributed by atoms with Gasteiger partial charge in [0.25, 0.3) is 0 Å². The van der Waals surface area contributed by atoms with Crippen molar-refractivity contribution in [3.63, 3.8) is 0 Å². The first kappa shape index (κ1) is 11.3. The standard InChI is InChI=1S/C10H9ClN2O2S/c11-10-8(6-16(12,14)15)5-7-3-1-2-4-9(7)13-10/h1-5H,6H2,(H2,12,14,15). The summed E-state index contributed by atoms with van der Waals surface area (Å²) in [5.41, 5.74) is 1.15. The van der Waals surface area contributed by atoms with Crippen LogP contribution in [-0.2, 0) is 15.8 Å². The zero-order valence-corrected chi connectivity index (χ0v) is 9.79. The van der Waals surface area contributed by atoms with Crippen LogP contribution in [0.15, 0.2) is 30.3 Å². The fourth-order valence-corrected chi connectivity index (χ4v) is 2.40. The number of rotatable bonds is 2. The van der Waals surface area contributed by atoms with E-state index in [-0.39, 0.29) is 10.9 Å². The van der Waals surface area contributed by atoms with Crippen LogP contribution >= 0.6 is 11.6 Å². The molecule has 2 N–H and O–H groups in total. The number of primary sulfonamides is 1. The molecule has 2 rings (SSSR count). The van der Waals surface area contributed by atoms with Crippen molar-refractivity contribution in [1.29, 1.82) is 0 Å². The molecule has 0 atom stereocenters. The van der Waals surface area contributed by atoms with Crippen LogP contribution in [0.2, 0.25) is 5.15 Å². The average molecular weight is 257 g/mol. The van der Waals surface area contributed by atoms with Crippen LogP contribution in [0.3, 0.4) is 0 Å². The molecule has 84 valence electrons. The molecule has 0 aliphatic rings. The highest BCUT2D eigenvalue weighted by molar-refractivity contribution is 7.88. The Kier molecular flexibility index (Phi) is 2.84. The Morgan fingerprint density at radius 2 is 2.00 bits per heavy atom. The average Bonchev–Trinajstić information content (AvgIpc) is 2.17. The van der Waals surface area contributed by atoms with Crippen molar-refractivity contribution < 1.29 is 8.42 Å². The van der Waals surface area contributed by atoms with Gasteiger partial charge in [0, 0.05) is 10.9 Å². The number of fused-ring (bicyclic) bond motifs is 1. The van der Waals surface area contributed by atoms with E-state index in [4.69, 9.17) is 16.7 Å². The number of halogens is 1. The van der Waals surface area contributed by atoms with Gasteiger partial charge in [-0.25, -0.2) is 18.5 Å². The van der Waals surface area contributed by atoms with Gasteiger partial charge in [0.05, 0.1) is 11.3 Å². The molecule has 1 heterocycles. The number of hydrogen-bond donors (Lipinski definition) is 1. The minimum Gasteiger partial charge on any atom is -0.236 e. The van der Waals surface area contributed by atoms with Crippen molar-refractivity contribution in [2.45, 2.75) is 5.75 Å². The maximum atomic E-state index is 11.0. The number of para-hydroxylation sites is 1. The fourth-order valence-electron chi connectivity index (χ4n) is 1.45. The van der Waals surface area contributed by atoms with E-state index in [2.05, 4.69) is 4.98 Å². The lowest BCUT2D eigenvalue weighted by Crippen LogP contribution is -2.15. The van der Waals surface area contributed by atoms with Crippen LogP contribution < -0.4 is 5.14 Å². The van der Waals surface area contributed by atoms with Crippen LogP contribution in [0.1, 0.15) is 5.56 Å². The summed E-state index contributed by atoms with van der Waals surface area (Å²) in [5, 5.41) is 5.98. The van der Waals surface area contributed by atoms with Crippen molar-refractivity contribution in [3.8, 4) is 0 Å². The number of pyridine rings is 1. The van der Waals surface area contributed by atoms with E-state index in [0.29, 0.717) is 5.56 Å². The number of hydrogen-bond acceptors (Lipinski definition) is 3. The van der Waals surface area contributed by atoms with Crippen LogP contribution in [0.25, 0.3) is 10.9 Å². The Bertz CT molecular complexity index is 640. The molecule has 0 amide bonds. The number of sulfonamides is 1. The second-order valence-electron chi connectivity index (χ2n) is 3.44. The minimum absolute atomic E-state index is 0.174. The molecular weight excluding hydrogens is 248 g/mol. The molecule has 0 saturated carbocycles. The Morgan fingerprint density at radius 1 is 1.31 bits per heavy atom. The van der Waals surface area contributed by atoms with Gasteiger partial charge in [0.15, 0.2) is 0 Å². The Hall–Kier alpha value is -1.17. The van der Waals surface area contributed by atoms with Gasteiger partial charge in [0.1, 0.15) is 5.15 Å². The molecule has 16 heavy (non-hydrogen) atoms. The molecule has 1 aromatic heterocycles. The van der Waals surface area contributed by atoms with Crippen molar-refractivity contribution in [1.82, 2.24) is 4.98 Å². The van der Waals surface area contributed by atoms with Gasteiger partial charge >= 0.3 is 0 Å². The summed E-state index contributed by atoms with van der Waals surface area (Å²) in [6.45, 7) is 0. The molecule has 0 aliphatic carbocycles. The monoisotopic (exact) mass is 256 g/mol. The smallest absolute Gasteiger partial charge is 0.213 e. The van der Waals surface area contributed by atoms with E-state index in [1.807, 2.05) is 24.3 Å². The molecule has 0 saturated heterocycles. The van der Waals surface area contributed by atoms with Gasteiger partial charge in [-0.15, -0.1) is 0 Å². The Labute approximate surface area is 98.1 Å². The van der Waals surface area contributed by atoms with Gasteiger partial charge in [-0.05, 0) is 12.1 Å². The Morgan fingerprint density at radius 3 is 2.69 bits per heavy atom. The lowest BCUT2D eigenvalue weighted by atomic mass is 10.2. The van der Waals surface area contributed by atoms with E-state index in [1.54, 1.807) is 6.07 Å². The molecule has 6 heteroatoms. The molecule has 2 aromatic rings. The third kappa shape index (κ3) is 2.49. The summed E-state index contributed by atoms with van der Waals surface area (Å²) in [5.74, 6) is -0.302. The molecule has 0 radical (unpaired) electrons. The zero-order chi connectivity index (χ0) is 11.8. The summed E-state index contributed by atoms with van der Waals surface area (Å²) >= 11 is 5.88. The van der Waals surface area contributed by atoms with Gasteiger partial charge < -0.3 is 0 Å². The van der Waals surface area contributed by atoms with Crippen LogP contribution in [0, 0.1) is 0 Å². The summed E-state index contributed by atoms with van der Waals surface area (Å²) in [6.07, 6.45) is 0. The van der Waals surface area contributed by atoms with Gasteiger partial charge in [0.2, 0.25) is 10.0 Å². The molecule has 1 aromatic carbocycles. The number of aromatic nitrogens is 1. The Balaban J connectivity index is 2.58. The SMILES string of the molecule is NS(=O)(=O)Cc1cc2ccccc2nc1Cl. The van der Waals surface area contributed by atoms with Crippen molar-refractivity contribution >= 4 is 32.5 Å². The first-order chi connectivity index (χ1) is 7.46. The predicted octanol–water partition coefficient (Wildman–Crippen LogP) is 1.68. The highest BCUT2D eigenvalue weighted by atomic mass is 35.5. The second kappa shape index (κ2) is 4.01. The molecule has 4 nitrogen and oxygen atoms in total. The van der Waals surface area contributed by atoms with Crippen molar-refractivity contribution in [2.24, 2.45) is 5.14 Å². The maximum absolute atomic E-state index is 11.0. The maximum Gasteiger partial charge on any atom is 0.213 e. The van der Waals surface area contributed by atoms with E-state index in [1.165, 1.54) is 0 Å². The summed E-state index contributed by atoms with van der Waals surface area (Å²) in [7, 11) is -3.59. The summed E-state index contributed by atoms with van der Waals surface area (Å²) in [6, 6.07) is 9.02. The molecule has 0 fully saturated rings. The van der Waals surface area contributed by atoms with E-state index in [9.17, 15) is 8.42 Å². The third-order valence-electron chi connectivity index (χ3n) is 2.11. The van der Waals surface area contributed by atoms with E-state index in [0.717, 1.165) is 10.9 Å². The lowest BCUT2D eigenvalue weighted by Gasteiger charge is -2.04. The second-order valence-corrected chi connectivity index (χ2v) is 5.41. The predicted molar refractivity (Wildman–Crippen MR) is 63.6 cm³/mol. The van der Waals surface area contributed by atoms with Gasteiger partial charge in [-0.1, -0.05) is 29.8 Å². The summed E-state index contributed by atoms with van der Waals surface area (Å²) < 4.78 is 22.0. The molecule has 0 unspecified atom stereocenters. The van der Waals surface area contributed by atoms with Crippen LogP contribution in [0.5, 0.6) is 0 Å². The van der Waals surface area contributed by atoms with Gasteiger partial charge in [-0.2, -0.15) is 0 Å². The van der Waals surface area contributed by atoms with E-state index < -0.39 is 10.0 Å². The summed E-state index contributed by atoms with van der Waals surface area (Å²) in [4.78, 5) is 4.11.